The highest BCUT2D eigenvalue weighted by atomic mass is 16.2. The molecule has 0 aromatic heterocycles. The Bertz CT molecular complexity index is 801. The monoisotopic (exact) mass is 350 g/mol. The van der Waals surface area contributed by atoms with Crippen molar-refractivity contribution in [3.63, 3.8) is 0 Å². The van der Waals surface area contributed by atoms with Crippen molar-refractivity contribution in [3.8, 4) is 0 Å². The first-order valence-corrected chi connectivity index (χ1v) is 9.20. The smallest absolute Gasteiger partial charge is 0.228 e. The first-order valence-electron chi connectivity index (χ1n) is 9.20. The van der Waals surface area contributed by atoms with E-state index in [1.54, 1.807) is 4.90 Å². The minimum Gasteiger partial charge on any atom is -0.338 e. The van der Waals surface area contributed by atoms with E-state index in [-0.39, 0.29) is 24.2 Å². The van der Waals surface area contributed by atoms with E-state index < -0.39 is 0 Å². The summed E-state index contributed by atoms with van der Waals surface area (Å²) in [6, 6.07) is 16.0. The van der Waals surface area contributed by atoms with Crippen molar-refractivity contribution >= 4 is 17.5 Å². The van der Waals surface area contributed by atoms with Crippen LogP contribution in [0.4, 0.5) is 5.69 Å². The third kappa shape index (κ3) is 3.64. The molecule has 136 valence electrons. The van der Waals surface area contributed by atoms with Crippen LogP contribution in [-0.2, 0) is 16.1 Å². The number of anilines is 1. The van der Waals surface area contributed by atoms with Crippen molar-refractivity contribution in [3.05, 3.63) is 65.2 Å². The van der Waals surface area contributed by atoms with Gasteiger partial charge in [0.2, 0.25) is 11.8 Å². The number of benzene rings is 2. The molecule has 1 unspecified atom stereocenters. The Labute approximate surface area is 155 Å². The van der Waals surface area contributed by atoms with Gasteiger partial charge in [-0.05, 0) is 43.5 Å². The molecule has 1 fully saturated rings. The Kier molecular flexibility index (Phi) is 5.40. The number of carbonyl (C=O) groups excluding carboxylic acids is 2. The van der Waals surface area contributed by atoms with Crippen LogP contribution in [0.25, 0.3) is 0 Å². The van der Waals surface area contributed by atoms with E-state index in [1.165, 1.54) is 0 Å². The fraction of sp³-hybridized carbons (Fsp3) is 0.364. The van der Waals surface area contributed by atoms with Crippen molar-refractivity contribution in [2.24, 2.45) is 5.92 Å². The van der Waals surface area contributed by atoms with Gasteiger partial charge < -0.3 is 9.80 Å². The zero-order chi connectivity index (χ0) is 18.7. The Balaban J connectivity index is 1.74. The van der Waals surface area contributed by atoms with Gasteiger partial charge in [-0.25, -0.2) is 0 Å². The van der Waals surface area contributed by atoms with Gasteiger partial charge in [0, 0.05) is 31.7 Å². The number of carbonyl (C=O) groups is 2. The molecule has 2 amide bonds. The molecule has 26 heavy (non-hydrogen) atoms. The summed E-state index contributed by atoms with van der Waals surface area (Å²) in [7, 11) is 0. The van der Waals surface area contributed by atoms with Crippen LogP contribution in [0, 0.1) is 19.8 Å². The standard InChI is InChI=1S/C22H26N2O2/c1-4-23(14-18-10-6-5-7-11-18)22(26)19-13-21(25)24(15-19)20-12-8-9-16(2)17(20)3/h5-12,19H,4,13-15H2,1-3H3. The first kappa shape index (κ1) is 18.2. The van der Waals surface area contributed by atoms with Crippen LogP contribution in [0.2, 0.25) is 0 Å². The summed E-state index contributed by atoms with van der Waals surface area (Å²) in [5, 5.41) is 0. The number of nitrogens with zero attached hydrogens (tertiary/aromatic N) is 2. The van der Waals surface area contributed by atoms with Crippen LogP contribution < -0.4 is 4.90 Å². The van der Waals surface area contributed by atoms with Gasteiger partial charge in [0.25, 0.3) is 0 Å². The number of amides is 2. The van der Waals surface area contributed by atoms with Crippen molar-refractivity contribution in [2.75, 3.05) is 18.0 Å². The van der Waals surface area contributed by atoms with E-state index in [1.807, 2.05) is 74.2 Å². The summed E-state index contributed by atoms with van der Waals surface area (Å²) in [4.78, 5) is 29.2. The summed E-state index contributed by atoms with van der Waals surface area (Å²) in [6.07, 6.45) is 0.289. The maximum Gasteiger partial charge on any atom is 0.228 e. The maximum atomic E-state index is 13.0. The molecule has 0 spiro atoms. The molecule has 1 saturated heterocycles. The second-order valence-electron chi connectivity index (χ2n) is 6.96. The molecule has 0 aliphatic carbocycles. The Morgan fingerprint density at radius 2 is 1.85 bits per heavy atom. The fourth-order valence-corrected chi connectivity index (χ4v) is 3.54. The fourth-order valence-electron chi connectivity index (χ4n) is 3.54. The minimum absolute atomic E-state index is 0.0350. The SMILES string of the molecule is CCN(Cc1ccccc1)C(=O)C1CC(=O)N(c2cccc(C)c2C)C1. The predicted octanol–water partition coefficient (Wildman–Crippen LogP) is 3.71. The Morgan fingerprint density at radius 3 is 2.54 bits per heavy atom. The minimum atomic E-state index is -0.272. The molecular formula is C22H26N2O2. The van der Waals surface area contributed by atoms with Gasteiger partial charge in [0.05, 0.1) is 5.92 Å². The molecule has 2 aromatic carbocycles. The van der Waals surface area contributed by atoms with Crippen LogP contribution in [0.1, 0.15) is 30.0 Å². The molecule has 0 radical (unpaired) electrons. The quantitative estimate of drug-likeness (QED) is 0.825. The molecule has 0 saturated carbocycles. The number of hydrogen-bond acceptors (Lipinski definition) is 2. The number of rotatable bonds is 5. The van der Waals surface area contributed by atoms with E-state index in [0.717, 1.165) is 22.4 Å². The van der Waals surface area contributed by atoms with Gasteiger partial charge in [-0.3, -0.25) is 9.59 Å². The third-order valence-electron chi connectivity index (χ3n) is 5.25. The topological polar surface area (TPSA) is 40.6 Å². The van der Waals surface area contributed by atoms with Crippen LogP contribution in [0.3, 0.4) is 0 Å². The molecule has 4 nitrogen and oxygen atoms in total. The maximum absolute atomic E-state index is 13.0. The van der Waals surface area contributed by atoms with Crippen molar-refractivity contribution in [1.82, 2.24) is 4.90 Å². The van der Waals surface area contributed by atoms with Crippen LogP contribution in [0.15, 0.2) is 48.5 Å². The molecule has 3 rings (SSSR count). The average Bonchev–Trinajstić information content (AvgIpc) is 3.04. The summed E-state index contributed by atoms with van der Waals surface area (Å²) in [6.45, 7) is 7.75. The number of hydrogen-bond donors (Lipinski definition) is 0. The zero-order valence-corrected chi connectivity index (χ0v) is 15.7. The van der Waals surface area contributed by atoms with Crippen LogP contribution >= 0.6 is 0 Å². The van der Waals surface area contributed by atoms with Gasteiger partial charge in [-0.15, -0.1) is 0 Å². The van der Waals surface area contributed by atoms with Crippen LogP contribution in [-0.4, -0.2) is 29.8 Å². The van der Waals surface area contributed by atoms with Crippen molar-refractivity contribution in [1.29, 1.82) is 0 Å². The largest absolute Gasteiger partial charge is 0.338 e. The van der Waals surface area contributed by atoms with Crippen LogP contribution in [0.5, 0.6) is 0 Å². The lowest BCUT2D eigenvalue weighted by atomic mass is 10.1. The lowest BCUT2D eigenvalue weighted by molar-refractivity contribution is -0.136. The molecule has 2 aromatic rings. The molecule has 0 N–H and O–H groups in total. The van der Waals surface area contributed by atoms with E-state index in [4.69, 9.17) is 0 Å². The summed E-state index contributed by atoms with van der Waals surface area (Å²) >= 11 is 0. The highest BCUT2D eigenvalue weighted by Crippen LogP contribution is 2.30. The van der Waals surface area contributed by atoms with E-state index in [2.05, 4.69) is 0 Å². The second-order valence-corrected chi connectivity index (χ2v) is 6.96. The van der Waals surface area contributed by atoms with Gasteiger partial charge in [0.15, 0.2) is 0 Å². The third-order valence-corrected chi connectivity index (χ3v) is 5.25. The van der Waals surface area contributed by atoms with Gasteiger partial charge >= 0.3 is 0 Å². The van der Waals surface area contributed by atoms with E-state index in [0.29, 0.717) is 19.6 Å². The molecule has 1 heterocycles. The van der Waals surface area contributed by atoms with E-state index in [9.17, 15) is 9.59 Å². The van der Waals surface area contributed by atoms with Crippen molar-refractivity contribution in [2.45, 2.75) is 33.7 Å². The lowest BCUT2D eigenvalue weighted by Crippen LogP contribution is -2.37. The average molecular weight is 350 g/mol. The Morgan fingerprint density at radius 1 is 1.12 bits per heavy atom. The molecule has 1 atom stereocenters. The first-order chi connectivity index (χ1) is 12.5. The highest BCUT2D eigenvalue weighted by Gasteiger charge is 2.37. The highest BCUT2D eigenvalue weighted by molar-refractivity contribution is 6.00. The summed E-state index contributed by atoms with van der Waals surface area (Å²) in [5.74, 6) is -0.170. The summed E-state index contributed by atoms with van der Waals surface area (Å²) in [5.41, 5.74) is 4.30. The molecule has 1 aliphatic heterocycles. The zero-order valence-electron chi connectivity index (χ0n) is 15.7. The van der Waals surface area contributed by atoms with Gasteiger partial charge in [-0.2, -0.15) is 0 Å². The Hall–Kier alpha value is -2.62. The molecule has 4 heteroatoms. The lowest BCUT2D eigenvalue weighted by Gasteiger charge is -2.25. The second kappa shape index (κ2) is 7.73. The van der Waals surface area contributed by atoms with Gasteiger partial charge in [-0.1, -0.05) is 42.5 Å². The normalized spacial score (nSPS) is 16.8. The van der Waals surface area contributed by atoms with Gasteiger partial charge in [0.1, 0.15) is 0 Å². The van der Waals surface area contributed by atoms with Crippen molar-refractivity contribution < 1.29 is 9.59 Å². The summed E-state index contributed by atoms with van der Waals surface area (Å²) < 4.78 is 0. The number of aryl methyl sites for hydroxylation is 1. The molecular weight excluding hydrogens is 324 g/mol. The molecule has 1 aliphatic rings. The van der Waals surface area contributed by atoms with E-state index >= 15 is 0 Å². The predicted molar refractivity (Wildman–Crippen MR) is 104 cm³/mol. The molecule has 0 bridgehead atoms.